The molecule has 0 atom stereocenters. The monoisotopic (exact) mass is 429 g/mol. The lowest BCUT2D eigenvalue weighted by Crippen LogP contribution is -2.50. The normalized spacial score (nSPS) is 14.1. The maximum absolute atomic E-state index is 13.8. The molecule has 0 saturated carbocycles. The second-order valence-corrected chi connectivity index (χ2v) is 7.11. The molecule has 2 aromatic heterocycles. The van der Waals surface area contributed by atoms with Crippen molar-refractivity contribution >= 4 is 28.8 Å². The fraction of sp³-hybridized carbons (Fsp3) is 0.381. The number of methoxy groups -OCH3 is 1. The van der Waals surface area contributed by atoms with E-state index >= 15 is 0 Å². The number of amides is 2. The first kappa shape index (κ1) is 20.7. The van der Waals surface area contributed by atoms with E-state index in [4.69, 9.17) is 13.9 Å². The quantitative estimate of drug-likeness (QED) is 0.664. The molecule has 0 aliphatic carbocycles. The van der Waals surface area contributed by atoms with Crippen LogP contribution >= 0.6 is 0 Å². The van der Waals surface area contributed by atoms with E-state index < -0.39 is 0 Å². The molecular formula is C21H24FN5O4. The highest BCUT2D eigenvalue weighted by Gasteiger charge is 2.24. The van der Waals surface area contributed by atoms with Gasteiger partial charge in [0.15, 0.2) is 5.82 Å². The van der Waals surface area contributed by atoms with Gasteiger partial charge in [0.2, 0.25) is 5.71 Å². The number of carbonyl (C=O) groups excluding carboxylic acids is 1. The molecule has 3 heterocycles. The zero-order valence-corrected chi connectivity index (χ0v) is 17.6. The molecular weight excluding hydrogens is 405 g/mol. The lowest BCUT2D eigenvalue weighted by atomic mass is 10.2. The number of nitrogens with one attached hydrogen (secondary N) is 1. The Morgan fingerprint density at radius 2 is 1.97 bits per heavy atom. The lowest BCUT2D eigenvalue weighted by molar-refractivity contribution is 0.208. The van der Waals surface area contributed by atoms with Crippen molar-refractivity contribution in [3.8, 4) is 11.6 Å². The summed E-state index contributed by atoms with van der Waals surface area (Å²) in [6, 6.07) is 6.03. The Morgan fingerprint density at radius 3 is 2.68 bits per heavy atom. The molecule has 1 aromatic carbocycles. The van der Waals surface area contributed by atoms with Crippen molar-refractivity contribution in [1.29, 1.82) is 0 Å². The Balaban J connectivity index is 1.44. The second-order valence-electron chi connectivity index (χ2n) is 7.11. The van der Waals surface area contributed by atoms with Crippen molar-refractivity contribution in [2.45, 2.75) is 13.8 Å². The van der Waals surface area contributed by atoms with Crippen molar-refractivity contribution in [1.82, 2.24) is 14.9 Å². The molecule has 4 rings (SSSR count). The van der Waals surface area contributed by atoms with Crippen molar-refractivity contribution in [3.05, 3.63) is 35.8 Å². The van der Waals surface area contributed by atoms with Crippen LogP contribution in [0.2, 0.25) is 0 Å². The number of ether oxygens (including phenoxy) is 2. The summed E-state index contributed by atoms with van der Waals surface area (Å²) in [5.41, 5.74) is 1.63. The molecule has 1 aliphatic rings. The average Bonchev–Trinajstić information content (AvgIpc) is 3.12. The van der Waals surface area contributed by atoms with Gasteiger partial charge >= 0.3 is 6.03 Å². The Morgan fingerprint density at radius 1 is 1.19 bits per heavy atom. The van der Waals surface area contributed by atoms with Gasteiger partial charge in [0, 0.05) is 50.1 Å². The molecule has 3 aromatic rings. The van der Waals surface area contributed by atoms with Crippen molar-refractivity contribution in [2.75, 3.05) is 50.1 Å². The summed E-state index contributed by atoms with van der Waals surface area (Å²) in [5, 5.41) is 2.80. The summed E-state index contributed by atoms with van der Waals surface area (Å²) in [6.07, 6.45) is 0. The number of rotatable bonds is 5. The second kappa shape index (κ2) is 8.66. The van der Waals surface area contributed by atoms with Gasteiger partial charge in [-0.05, 0) is 19.9 Å². The van der Waals surface area contributed by atoms with Crippen LogP contribution in [0.1, 0.15) is 12.7 Å². The summed E-state index contributed by atoms with van der Waals surface area (Å²) < 4.78 is 30.0. The minimum absolute atomic E-state index is 0.211. The zero-order valence-electron chi connectivity index (χ0n) is 17.6. The predicted octanol–water partition coefficient (Wildman–Crippen LogP) is 3.43. The number of benzene rings is 1. The lowest BCUT2D eigenvalue weighted by Gasteiger charge is -2.36. The van der Waals surface area contributed by atoms with Gasteiger partial charge < -0.3 is 23.7 Å². The topological polar surface area (TPSA) is 93.0 Å². The van der Waals surface area contributed by atoms with Crippen LogP contribution < -0.4 is 19.7 Å². The molecule has 0 spiro atoms. The number of hydrogen-bond donors (Lipinski definition) is 1. The highest BCUT2D eigenvalue weighted by Crippen LogP contribution is 2.27. The van der Waals surface area contributed by atoms with Crippen LogP contribution in [0.25, 0.3) is 11.2 Å². The summed E-state index contributed by atoms with van der Waals surface area (Å²) in [5.74, 6) is 1.23. The number of furan rings is 1. The van der Waals surface area contributed by atoms with Gasteiger partial charge in [0.1, 0.15) is 22.8 Å². The number of hydrogen-bond acceptors (Lipinski definition) is 7. The maximum atomic E-state index is 13.8. The van der Waals surface area contributed by atoms with E-state index in [9.17, 15) is 9.18 Å². The smallest absolute Gasteiger partial charge is 0.323 e. The van der Waals surface area contributed by atoms with Crippen molar-refractivity contribution < 1.29 is 23.1 Å². The largest absolute Gasteiger partial charge is 0.497 e. The summed E-state index contributed by atoms with van der Waals surface area (Å²) in [4.78, 5) is 25.3. The van der Waals surface area contributed by atoms with E-state index in [1.807, 2.05) is 11.8 Å². The van der Waals surface area contributed by atoms with Crippen molar-refractivity contribution in [3.63, 3.8) is 0 Å². The first-order valence-corrected chi connectivity index (χ1v) is 10.0. The van der Waals surface area contributed by atoms with E-state index in [2.05, 4.69) is 15.3 Å². The third-order valence-corrected chi connectivity index (χ3v) is 4.98. The molecule has 1 saturated heterocycles. The predicted molar refractivity (Wildman–Crippen MR) is 113 cm³/mol. The van der Waals surface area contributed by atoms with E-state index in [0.29, 0.717) is 55.5 Å². The van der Waals surface area contributed by atoms with Gasteiger partial charge in [-0.2, -0.15) is 4.98 Å². The SMILES string of the molecule is CCOc1nc2oc(C)cc2nc1NC(=O)N1CCN(c2cc(F)cc(OC)c2)CC1. The van der Waals surface area contributed by atoms with Crippen LogP contribution in [-0.2, 0) is 0 Å². The molecule has 1 fully saturated rings. The van der Waals surface area contributed by atoms with Gasteiger partial charge in [0.25, 0.3) is 5.88 Å². The molecule has 0 bridgehead atoms. The van der Waals surface area contributed by atoms with Gasteiger partial charge in [-0.15, -0.1) is 0 Å². The number of urea groups is 1. The summed E-state index contributed by atoms with van der Waals surface area (Å²) >= 11 is 0. The van der Waals surface area contributed by atoms with Crippen LogP contribution in [-0.4, -0.2) is 60.8 Å². The van der Waals surface area contributed by atoms with E-state index in [1.54, 1.807) is 24.0 Å². The average molecular weight is 429 g/mol. The number of nitrogens with zero attached hydrogens (tertiary/aromatic N) is 4. The Bertz CT molecular complexity index is 1090. The van der Waals surface area contributed by atoms with Gasteiger partial charge in [-0.1, -0.05) is 0 Å². The molecule has 9 nitrogen and oxygen atoms in total. The van der Waals surface area contributed by atoms with Crippen LogP contribution in [0.4, 0.5) is 20.7 Å². The van der Waals surface area contributed by atoms with Gasteiger partial charge in [-0.3, -0.25) is 5.32 Å². The molecule has 0 radical (unpaired) electrons. The summed E-state index contributed by atoms with van der Waals surface area (Å²) in [6.45, 7) is 6.05. The molecule has 2 amide bonds. The Labute approximate surface area is 178 Å². The van der Waals surface area contributed by atoms with E-state index in [1.165, 1.54) is 19.2 Å². The highest BCUT2D eigenvalue weighted by molar-refractivity contribution is 5.91. The number of anilines is 2. The third kappa shape index (κ3) is 4.47. The van der Waals surface area contributed by atoms with Crippen LogP contribution in [0, 0.1) is 12.7 Å². The molecule has 10 heteroatoms. The van der Waals surface area contributed by atoms with E-state index in [-0.39, 0.29) is 23.5 Å². The molecule has 0 unspecified atom stereocenters. The number of piperazine rings is 1. The molecule has 1 aliphatic heterocycles. The van der Waals surface area contributed by atoms with Crippen LogP contribution in [0.5, 0.6) is 11.6 Å². The van der Waals surface area contributed by atoms with Crippen LogP contribution in [0.15, 0.2) is 28.7 Å². The standard InChI is InChI=1S/C21H24FN5O4/c1-4-30-20-18(23-17-9-13(2)31-19(17)25-20)24-21(28)27-7-5-26(6-8-27)15-10-14(22)11-16(12-15)29-3/h9-12H,4-8H2,1-3H3,(H,23,24,28). The first-order valence-electron chi connectivity index (χ1n) is 10.0. The maximum Gasteiger partial charge on any atom is 0.323 e. The third-order valence-electron chi connectivity index (χ3n) is 4.98. The molecule has 164 valence electrons. The molecule has 1 N–H and O–H groups in total. The van der Waals surface area contributed by atoms with Crippen molar-refractivity contribution in [2.24, 2.45) is 0 Å². The number of aromatic nitrogens is 2. The first-order chi connectivity index (χ1) is 15.0. The number of halogens is 1. The number of carbonyl (C=O) groups is 1. The van der Waals surface area contributed by atoms with Gasteiger partial charge in [0.05, 0.1) is 13.7 Å². The van der Waals surface area contributed by atoms with E-state index in [0.717, 1.165) is 5.69 Å². The minimum atomic E-state index is -0.360. The Kier molecular flexibility index (Phi) is 5.79. The minimum Gasteiger partial charge on any atom is -0.497 e. The number of aryl methyl sites for hydroxylation is 1. The van der Waals surface area contributed by atoms with Gasteiger partial charge in [-0.25, -0.2) is 14.2 Å². The fourth-order valence-corrected chi connectivity index (χ4v) is 3.48. The Hall–Kier alpha value is -3.56. The number of fused-ring (bicyclic) bond motifs is 1. The summed E-state index contributed by atoms with van der Waals surface area (Å²) in [7, 11) is 1.50. The fourth-order valence-electron chi connectivity index (χ4n) is 3.48. The molecule has 31 heavy (non-hydrogen) atoms. The highest BCUT2D eigenvalue weighted by atomic mass is 19.1. The van der Waals surface area contributed by atoms with Crippen LogP contribution in [0.3, 0.4) is 0 Å². The zero-order chi connectivity index (χ0) is 22.0.